The van der Waals surface area contributed by atoms with Gasteiger partial charge in [-0.2, -0.15) is 5.10 Å². The lowest BCUT2D eigenvalue weighted by atomic mass is 10.2. The van der Waals surface area contributed by atoms with Crippen LogP contribution in [0.3, 0.4) is 0 Å². The number of nitrogens with zero attached hydrogens (tertiary/aromatic N) is 5. The van der Waals surface area contributed by atoms with E-state index in [2.05, 4.69) is 20.6 Å². The lowest BCUT2D eigenvalue weighted by Crippen LogP contribution is -2.27. The first-order valence-corrected chi connectivity index (χ1v) is 9.58. The molecule has 1 aliphatic heterocycles. The van der Waals surface area contributed by atoms with Crippen LogP contribution < -0.4 is 10.9 Å². The van der Waals surface area contributed by atoms with Gasteiger partial charge in [0.1, 0.15) is 11.6 Å². The molecule has 4 heterocycles. The van der Waals surface area contributed by atoms with Crippen molar-refractivity contribution in [1.29, 1.82) is 0 Å². The highest BCUT2D eigenvalue weighted by Crippen LogP contribution is 2.33. The number of benzene rings is 1. The van der Waals surface area contributed by atoms with E-state index in [0.29, 0.717) is 27.8 Å². The molecule has 4 aromatic rings. The summed E-state index contributed by atoms with van der Waals surface area (Å²) >= 11 is 1.46. The Bertz CT molecular complexity index is 1220. The predicted molar refractivity (Wildman–Crippen MR) is 103 cm³/mol. The van der Waals surface area contributed by atoms with Gasteiger partial charge < -0.3 is 9.84 Å². The summed E-state index contributed by atoms with van der Waals surface area (Å²) in [5, 5.41) is 11.7. The SMILES string of the molecule is O=C(CC1CSc2nc3c(cnn3-c3ccccc3)c(=O)n21)Nc1ccon1. The third kappa shape index (κ3) is 2.78. The molecule has 0 bridgehead atoms. The predicted octanol–water partition coefficient (Wildman–Crippen LogP) is 2.25. The Morgan fingerprint density at radius 1 is 1.29 bits per heavy atom. The smallest absolute Gasteiger partial charge is 0.265 e. The lowest BCUT2D eigenvalue weighted by Gasteiger charge is -2.12. The zero-order chi connectivity index (χ0) is 19.1. The van der Waals surface area contributed by atoms with Crippen LogP contribution in [0.15, 0.2) is 63.3 Å². The Balaban J connectivity index is 1.49. The maximum absolute atomic E-state index is 13.1. The normalized spacial score (nSPS) is 15.6. The topological polar surface area (TPSA) is 108 Å². The van der Waals surface area contributed by atoms with Crippen LogP contribution in [0.4, 0.5) is 5.82 Å². The fourth-order valence-electron chi connectivity index (χ4n) is 3.22. The molecule has 9 nitrogen and oxygen atoms in total. The van der Waals surface area contributed by atoms with Crippen molar-refractivity contribution in [2.24, 2.45) is 0 Å². The third-order valence-corrected chi connectivity index (χ3v) is 5.60. The van der Waals surface area contributed by atoms with Gasteiger partial charge in [0.15, 0.2) is 16.6 Å². The van der Waals surface area contributed by atoms with Crippen molar-refractivity contribution < 1.29 is 9.32 Å². The molecule has 3 aromatic heterocycles. The van der Waals surface area contributed by atoms with Gasteiger partial charge in [-0.05, 0) is 12.1 Å². The zero-order valence-corrected chi connectivity index (χ0v) is 15.3. The van der Waals surface area contributed by atoms with Crippen molar-refractivity contribution >= 4 is 34.5 Å². The number of carbonyl (C=O) groups is 1. The van der Waals surface area contributed by atoms with Gasteiger partial charge in [0, 0.05) is 18.2 Å². The maximum atomic E-state index is 13.1. The minimum absolute atomic E-state index is 0.146. The number of para-hydroxylation sites is 1. The second-order valence-electron chi connectivity index (χ2n) is 6.30. The van der Waals surface area contributed by atoms with Crippen LogP contribution in [0.25, 0.3) is 16.7 Å². The number of aromatic nitrogens is 5. The summed E-state index contributed by atoms with van der Waals surface area (Å²) in [5.41, 5.74) is 1.16. The number of thioether (sulfide) groups is 1. The Kier molecular flexibility index (Phi) is 3.97. The zero-order valence-electron chi connectivity index (χ0n) is 14.5. The van der Waals surface area contributed by atoms with Crippen molar-refractivity contribution in [3.8, 4) is 5.69 Å². The Morgan fingerprint density at radius 2 is 2.14 bits per heavy atom. The quantitative estimate of drug-likeness (QED) is 0.529. The molecule has 5 rings (SSSR count). The molecule has 0 spiro atoms. The molecule has 140 valence electrons. The molecule has 1 amide bonds. The lowest BCUT2D eigenvalue weighted by molar-refractivity contribution is -0.116. The molecule has 0 radical (unpaired) electrons. The fraction of sp³-hybridized carbons (Fsp3) is 0.167. The molecule has 0 fully saturated rings. The van der Waals surface area contributed by atoms with Crippen LogP contribution in [-0.4, -0.2) is 36.1 Å². The molecule has 1 aliphatic rings. The van der Waals surface area contributed by atoms with E-state index >= 15 is 0 Å². The first kappa shape index (κ1) is 16.8. The molecule has 1 unspecified atom stereocenters. The highest BCUT2D eigenvalue weighted by atomic mass is 32.2. The van der Waals surface area contributed by atoms with Crippen LogP contribution in [-0.2, 0) is 4.79 Å². The maximum Gasteiger partial charge on any atom is 0.265 e. The summed E-state index contributed by atoms with van der Waals surface area (Å²) in [6.45, 7) is 0. The number of hydrogen-bond donors (Lipinski definition) is 1. The van der Waals surface area contributed by atoms with Gasteiger partial charge in [-0.1, -0.05) is 35.1 Å². The highest BCUT2D eigenvalue weighted by Gasteiger charge is 2.29. The highest BCUT2D eigenvalue weighted by molar-refractivity contribution is 7.99. The first-order valence-electron chi connectivity index (χ1n) is 8.59. The summed E-state index contributed by atoms with van der Waals surface area (Å²) < 4.78 is 7.95. The molecular weight excluding hydrogens is 380 g/mol. The molecule has 0 saturated carbocycles. The van der Waals surface area contributed by atoms with Crippen molar-refractivity contribution in [2.75, 3.05) is 11.1 Å². The minimum Gasteiger partial charge on any atom is -0.363 e. The van der Waals surface area contributed by atoms with E-state index in [0.717, 1.165) is 5.69 Å². The van der Waals surface area contributed by atoms with Gasteiger partial charge in [0.25, 0.3) is 5.56 Å². The molecule has 28 heavy (non-hydrogen) atoms. The number of nitrogens with one attached hydrogen (secondary N) is 1. The number of rotatable bonds is 4. The van der Waals surface area contributed by atoms with E-state index in [1.54, 1.807) is 15.3 Å². The second-order valence-corrected chi connectivity index (χ2v) is 7.29. The molecule has 1 aromatic carbocycles. The summed E-state index contributed by atoms with van der Waals surface area (Å²) in [6.07, 6.45) is 3.05. The van der Waals surface area contributed by atoms with Crippen molar-refractivity contribution in [2.45, 2.75) is 17.6 Å². The molecule has 10 heteroatoms. The van der Waals surface area contributed by atoms with E-state index in [4.69, 9.17) is 4.52 Å². The van der Waals surface area contributed by atoms with Gasteiger partial charge in [0.2, 0.25) is 5.91 Å². The second kappa shape index (κ2) is 6.64. The summed E-state index contributed by atoms with van der Waals surface area (Å²) in [6, 6.07) is 10.8. The largest absolute Gasteiger partial charge is 0.363 e. The van der Waals surface area contributed by atoms with Crippen molar-refractivity contribution in [3.63, 3.8) is 0 Å². The third-order valence-electron chi connectivity index (χ3n) is 4.50. The van der Waals surface area contributed by atoms with Gasteiger partial charge >= 0.3 is 0 Å². The molecule has 0 aliphatic carbocycles. The number of carbonyl (C=O) groups excluding carboxylic acids is 1. The van der Waals surface area contributed by atoms with E-state index < -0.39 is 0 Å². The van der Waals surface area contributed by atoms with Crippen LogP contribution in [0.1, 0.15) is 12.5 Å². The van der Waals surface area contributed by atoms with E-state index in [1.165, 1.54) is 24.2 Å². The van der Waals surface area contributed by atoms with E-state index in [1.807, 2.05) is 30.3 Å². The minimum atomic E-state index is -0.281. The fourth-order valence-corrected chi connectivity index (χ4v) is 4.35. The average molecular weight is 394 g/mol. The monoisotopic (exact) mass is 394 g/mol. The number of hydrogen-bond acceptors (Lipinski definition) is 7. The standard InChI is InChI=1S/C18H14N6O3S/c25-15(20-14-6-7-27-22-14)8-12-10-28-18-21-16-13(17(26)23(12)18)9-19-24(16)11-4-2-1-3-5-11/h1-7,9,12H,8,10H2,(H,20,22,25). The summed E-state index contributed by atoms with van der Waals surface area (Å²) in [5.74, 6) is 0.708. The number of fused-ring (bicyclic) bond motifs is 2. The first-order chi connectivity index (χ1) is 13.7. The van der Waals surface area contributed by atoms with Crippen LogP contribution in [0.2, 0.25) is 0 Å². The summed E-state index contributed by atoms with van der Waals surface area (Å²) in [7, 11) is 0. The van der Waals surface area contributed by atoms with Crippen molar-refractivity contribution in [1.82, 2.24) is 24.5 Å². The van der Waals surface area contributed by atoms with Gasteiger partial charge in [-0.3, -0.25) is 14.2 Å². The Hall–Kier alpha value is -3.40. The van der Waals surface area contributed by atoms with Gasteiger partial charge in [0.05, 0.1) is 17.9 Å². The summed E-state index contributed by atoms with van der Waals surface area (Å²) in [4.78, 5) is 30.0. The molecule has 0 saturated heterocycles. The van der Waals surface area contributed by atoms with E-state index in [9.17, 15) is 9.59 Å². The molecular formula is C18H14N6O3S. The van der Waals surface area contributed by atoms with Crippen LogP contribution >= 0.6 is 11.8 Å². The molecule has 1 atom stereocenters. The molecule has 1 N–H and O–H groups in total. The van der Waals surface area contributed by atoms with Gasteiger partial charge in [-0.15, -0.1) is 0 Å². The number of amides is 1. The van der Waals surface area contributed by atoms with E-state index in [-0.39, 0.29) is 23.9 Å². The number of anilines is 1. The Labute approximate surface area is 162 Å². The van der Waals surface area contributed by atoms with Crippen LogP contribution in [0, 0.1) is 0 Å². The van der Waals surface area contributed by atoms with Crippen LogP contribution in [0.5, 0.6) is 0 Å². The van der Waals surface area contributed by atoms with Crippen molar-refractivity contribution in [3.05, 3.63) is 59.2 Å². The van der Waals surface area contributed by atoms with Gasteiger partial charge in [-0.25, -0.2) is 9.67 Å². The average Bonchev–Trinajstić information content (AvgIpc) is 3.43. The Morgan fingerprint density at radius 3 is 2.93 bits per heavy atom.